The van der Waals surface area contributed by atoms with Crippen LogP contribution in [0.2, 0.25) is 0 Å². The SMILES string of the molecule is COC(=O)N[C@H](C(=O)N1[C@@H](C)CC[C@H]1C(=O)OC1CCc2cc3c(cc2C1=O)OCc1cc(C(=O)COC(=O)[C@@H]2C[C@H](CCO)CN2C)ccc1-3)C(C)C. The number of hydrogen-bond donors (Lipinski definition) is 2. The summed E-state index contributed by atoms with van der Waals surface area (Å²) in [5.41, 5.74) is 3.99. The van der Waals surface area contributed by atoms with E-state index in [4.69, 9.17) is 18.9 Å². The summed E-state index contributed by atoms with van der Waals surface area (Å²) in [5.74, 6) is -1.77. The van der Waals surface area contributed by atoms with Crippen LogP contribution in [0.1, 0.15) is 84.7 Å². The zero-order valence-electron chi connectivity index (χ0n) is 31.4. The lowest BCUT2D eigenvalue weighted by atomic mass is 9.84. The summed E-state index contributed by atoms with van der Waals surface area (Å²) in [6.45, 7) is 5.94. The Kier molecular flexibility index (Phi) is 11.7. The van der Waals surface area contributed by atoms with E-state index in [2.05, 4.69) is 5.32 Å². The Morgan fingerprint density at radius 2 is 1.76 bits per heavy atom. The van der Waals surface area contributed by atoms with E-state index in [1.807, 2.05) is 31.0 Å². The number of rotatable bonds is 11. The monoisotopic (exact) mass is 747 g/mol. The Balaban J connectivity index is 1.10. The maximum Gasteiger partial charge on any atom is 0.407 e. The maximum absolute atomic E-state index is 13.7. The minimum Gasteiger partial charge on any atom is -0.488 e. The molecule has 6 atom stereocenters. The van der Waals surface area contributed by atoms with Crippen molar-refractivity contribution < 1.29 is 52.8 Å². The number of fused-ring (bicyclic) bond motifs is 4. The van der Waals surface area contributed by atoms with Gasteiger partial charge in [-0.25, -0.2) is 9.59 Å². The first-order valence-electron chi connectivity index (χ1n) is 18.7. The molecule has 2 fully saturated rings. The van der Waals surface area contributed by atoms with Gasteiger partial charge in [0, 0.05) is 35.9 Å². The highest BCUT2D eigenvalue weighted by atomic mass is 16.6. The number of likely N-dealkylation sites (tertiary alicyclic amines) is 2. The van der Waals surface area contributed by atoms with Crippen LogP contribution in [0.5, 0.6) is 5.75 Å². The van der Waals surface area contributed by atoms with Gasteiger partial charge in [0.25, 0.3) is 0 Å². The molecule has 14 heteroatoms. The lowest BCUT2D eigenvalue weighted by Crippen LogP contribution is -2.56. The number of nitrogens with one attached hydrogen (secondary N) is 1. The highest BCUT2D eigenvalue weighted by molar-refractivity contribution is 6.04. The van der Waals surface area contributed by atoms with Crippen LogP contribution >= 0.6 is 0 Å². The third-order valence-electron chi connectivity index (χ3n) is 11.2. The summed E-state index contributed by atoms with van der Waals surface area (Å²) in [7, 11) is 3.05. The second-order valence-corrected chi connectivity index (χ2v) is 15.1. The van der Waals surface area contributed by atoms with Crippen molar-refractivity contribution in [2.75, 3.05) is 33.9 Å². The van der Waals surface area contributed by atoms with Crippen LogP contribution in [-0.2, 0) is 41.6 Å². The Morgan fingerprint density at radius 3 is 2.48 bits per heavy atom. The maximum atomic E-state index is 13.7. The van der Waals surface area contributed by atoms with Gasteiger partial charge < -0.3 is 34.3 Å². The van der Waals surface area contributed by atoms with Crippen LogP contribution in [0, 0.1) is 11.8 Å². The van der Waals surface area contributed by atoms with Crippen molar-refractivity contribution in [2.45, 2.75) is 96.2 Å². The number of alkyl carbamates (subject to hydrolysis) is 1. The highest BCUT2D eigenvalue weighted by Gasteiger charge is 2.45. The second kappa shape index (κ2) is 16.3. The van der Waals surface area contributed by atoms with Crippen LogP contribution in [0.15, 0.2) is 30.3 Å². The van der Waals surface area contributed by atoms with Crippen molar-refractivity contribution in [1.29, 1.82) is 0 Å². The first-order valence-corrected chi connectivity index (χ1v) is 18.7. The van der Waals surface area contributed by atoms with Gasteiger partial charge in [0.15, 0.2) is 18.5 Å². The van der Waals surface area contributed by atoms with E-state index in [-0.39, 0.29) is 55.7 Å². The van der Waals surface area contributed by atoms with Gasteiger partial charge in [0.05, 0.1) is 7.11 Å². The number of hydrogen-bond acceptors (Lipinski definition) is 12. The Hall–Kier alpha value is -4.82. The molecule has 1 unspecified atom stereocenters. The number of amides is 2. The molecular formula is C40H49N3O11. The minimum absolute atomic E-state index is 0.0638. The normalized spacial score (nSPS) is 23.8. The fraction of sp³-hybridized carbons (Fsp3) is 0.550. The fourth-order valence-corrected chi connectivity index (χ4v) is 8.15. The van der Waals surface area contributed by atoms with Crippen LogP contribution < -0.4 is 10.1 Å². The predicted octanol–water partition coefficient (Wildman–Crippen LogP) is 3.48. The summed E-state index contributed by atoms with van der Waals surface area (Å²) in [6, 6.07) is 6.33. The van der Waals surface area contributed by atoms with Crippen LogP contribution in [0.3, 0.4) is 0 Å². The number of ether oxygens (including phenoxy) is 4. The topological polar surface area (TPSA) is 178 Å². The molecule has 14 nitrogen and oxygen atoms in total. The molecular weight excluding hydrogens is 698 g/mol. The molecule has 0 bridgehead atoms. The average Bonchev–Trinajstić information content (AvgIpc) is 3.73. The van der Waals surface area contributed by atoms with Gasteiger partial charge in [-0.05, 0) is 99.2 Å². The summed E-state index contributed by atoms with van der Waals surface area (Å²) < 4.78 is 22.0. The molecule has 2 N–H and O–H groups in total. The number of aryl methyl sites for hydroxylation is 1. The predicted molar refractivity (Wildman–Crippen MR) is 194 cm³/mol. The number of aliphatic hydroxyl groups is 1. The van der Waals surface area contributed by atoms with Gasteiger partial charge in [-0.15, -0.1) is 0 Å². The van der Waals surface area contributed by atoms with Crippen molar-refractivity contribution >= 4 is 35.5 Å². The number of carbonyl (C=O) groups excluding carboxylic acids is 6. The first kappa shape index (κ1) is 38.9. The molecule has 290 valence electrons. The van der Waals surface area contributed by atoms with Gasteiger partial charge in [-0.3, -0.25) is 24.1 Å². The van der Waals surface area contributed by atoms with Gasteiger partial charge in [0.2, 0.25) is 11.7 Å². The molecule has 2 amide bonds. The molecule has 3 aliphatic heterocycles. The number of methoxy groups -OCH3 is 1. The van der Waals surface area contributed by atoms with Gasteiger partial charge in [-0.2, -0.15) is 0 Å². The van der Waals surface area contributed by atoms with E-state index >= 15 is 0 Å². The Morgan fingerprint density at radius 1 is 0.981 bits per heavy atom. The van der Waals surface area contributed by atoms with Crippen LogP contribution in [-0.4, -0.2) is 115 Å². The van der Waals surface area contributed by atoms with E-state index in [1.54, 1.807) is 32.0 Å². The van der Waals surface area contributed by atoms with E-state index < -0.39 is 48.2 Å². The molecule has 0 radical (unpaired) electrons. The van der Waals surface area contributed by atoms with Gasteiger partial charge in [-0.1, -0.05) is 26.0 Å². The third kappa shape index (κ3) is 7.85. The zero-order valence-corrected chi connectivity index (χ0v) is 31.4. The summed E-state index contributed by atoms with van der Waals surface area (Å²) in [6.07, 6.45) is 1.09. The molecule has 2 saturated heterocycles. The van der Waals surface area contributed by atoms with Crippen LogP contribution in [0.25, 0.3) is 11.1 Å². The first-order chi connectivity index (χ1) is 25.8. The third-order valence-corrected chi connectivity index (χ3v) is 11.2. The van der Waals surface area contributed by atoms with Crippen molar-refractivity contribution in [1.82, 2.24) is 15.1 Å². The Bertz CT molecular complexity index is 1830. The number of nitrogens with zero attached hydrogens (tertiary/aromatic N) is 2. The molecule has 54 heavy (non-hydrogen) atoms. The number of Topliss-reactive ketones (excluding diaryl/α,β-unsaturated/α-hetero) is 2. The lowest BCUT2D eigenvalue weighted by molar-refractivity contribution is -0.158. The molecule has 2 aromatic carbocycles. The molecule has 4 aliphatic rings. The molecule has 1 aliphatic carbocycles. The zero-order chi connectivity index (χ0) is 38.8. The highest BCUT2D eigenvalue weighted by Crippen LogP contribution is 2.42. The van der Waals surface area contributed by atoms with Gasteiger partial charge >= 0.3 is 18.0 Å². The molecule has 2 aromatic rings. The van der Waals surface area contributed by atoms with E-state index in [9.17, 15) is 33.9 Å². The summed E-state index contributed by atoms with van der Waals surface area (Å²) in [4.78, 5) is 82.0. The lowest BCUT2D eigenvalue weighted by Gasteiger charge is -2.33. The van der Waals surface area contributed by atoms with E-state index in [0.717, 1.165) is 22.3 Å². The second-order valence-electron chi connectivity index (χ2n) is 15.1. The summed E-state index contributed by atoms with van der Waals surface area (Å²) >= 11 is 0. The van der Waals surface area contributed by atoms with Crippen LogP contribution in [0.4, 0.5) is 4.79 Å². The van der Waals surface area contributed by atoms with E-state index in [0.29, 0.717) is 55.5 Å². The van der Waals surface area contributed by atoms with E-state index in [1.165, 1.54) is 12.0 Å². The molecule has 0 saturated carbocycles. The number of aliphatic hydroxyl groups excluding tert-OH is 1. The van der Waals surface area contributed by atoms with Crippen molar-refractivity contribution in [2.24, 2.45) is 11.8 Å². The summed E-state index contributed by atoms with van der Waals surface area (Å²) in [5, 5.41) is 11.8. The van der Waals surface area contributed by atoms with Crippen molar-refractivity contribution in [3.8, 4) is 16.9 Å². The van der Waals surface area contributed by atoms with Crippen molar-refractivity contribution in [3.05, 3.63) is 52.6 Å². The smallest absolute Gasteiger partial charge is 0.407 e. The minimum atomic E-state index is -1.03. The number of benzene rings is 2. The van der Waals surface area contributed by atoms with Crippen molar-refractivity contribution in [3.63, 3.8) is 0 Å². The largest absolute Gasteiger partial charge is 0.488 e. The number of ketones is 2. The number of esters is 2. The quantitative estimate of drug-likeness (QED) is 0.195. The van der Waals surface area contributed by atoms with Gasteiger partial charge in [0.1, 0.15) is 30.5 Å². The molecule has 0 aromatic heterocycles. The fourth-order valence-electron chi connectivity index (χ4n) is 8.15. The molecule has 3 heterocycles. The number of likely N-dealkylation sites (N-methyl/N-ethyl adjacent to an activating group) is 1. The molecule has 0 spiro atoms. The number of carbonyl (C=O) groups is 6. The Labute approximate surface area is 314 Å². The molecule has 6 rings (SSSR count). The average molecular weight is 748 g/mol. The standard InChI is InChI=1S/C40H49N3O11/c1-21(2)35(41-40(50)51-5)37(47)43-22(3)6-10-30(43)39(49)54-33-11-8-24-16-29-27-9-7-25(15-26(27)19-52-34(29)17-28(24)36(33)46)32(45)20-53-38(48)31-14-23(12-13-44)18-42(31)4/h7,9,15-17,21-23,30-31,33,35,44H,6,8,10-14,18-20H2,1-5H3,(H,41,50)/t22-,23-,30-,31-,33?,35-/m0/s1.